The molecule has 0 bridgehead atoms. The average molecular weight is 585 g/mol. The van der Waals surface area contributed by atoms with Gasteiger partial charge in [-0.15, -0.1) is 23.5 Å². The van der Waals surface area contributed by atoms with Gasteiger partial charge in [-0.2, -0.15) is 0 Å². The molecule has 0 N–H and O–H groups in total. The molecule has 2 aliphatic heterocycles. The Morgan fingerprint density at radius 3 is 2.15 bits per heavy atom. The number of ether oxygens (including phenoxy) is 1. The molecule has 2 aliphatic rings. The number of fused-ring (bicyclic) bond motifs is 2. The maximum absolute atomic E-state index is 12.0. The molecule has 2 heterocycles. The van der Waals surface area contributed by atoms with Crippen molar-refractivity contribution in [1.82, 2.24) is 0 Å². The number of carbonyl (C=O) groups is 1. The Morgan fingerprint density at radius 1 is 0.850 bits per heavy atom. The van der Waals surface area contributed by atoms with Crippen molar-refractivity contribution in [3.8, 4) is 23.7 Å². The quantitative estimate of drug-likeness (QED) is 0.227. The van der Waals surface area contributed by atoms with Gasteiger partial charge in [-0.25, -0.2) is 4.79 Å². The smallest absolute Gasteiger partial charge is 0.339 e. The van der Waals surface area contributed by atoms with E-state index in [-0.39, 0.29) is 10.8 Å². The zero-order valence-electron chi connectivity index (χ0n) is 23.4. The molecule has 0 saturated carbocycles. The zero-order chi connectivity index (χ0) is 28.3. The molecule has 3 aromatic carbocycles. The fourth-order valence-electron chi connectivity index (χ4n) is 5.18. The lowest BCUT2D eigenvalue weighted by atomic mass is 9.76. The third-order valence-electron chi connectivity index (χ3n) is 7.76. The van der Waals surface area contributed by atoms with Crippen molar-refractivity contribution in [1.29, 1.82) is 0 Å². The van der Waals surface area contributed by atoms with Crippen LogP contribution in [0.25, 0.3) is 0 Å². The van der Waals surface area contributed by atoms with Gasteiger partial charge < -0.3 is 4.74 Å². The molecule has 0 amide bonds. The Labute approximate surface area is 252 Å². The summed E-state index contributed by atoms with van der Waals surface area (Å²) in [5.41, 5.74) is 6.11. The van der Waals surface area contributed by atoms with Gasteiger partial charge >= 0.3 is 5.97 Å². The summed E-state index contributed by atoms with van der Waals surface area (Å²) in [5, 5.41) is 0.347. The summed E-state index contributed by atoms with van der Waals surface area (Å²) in [4.78, 5) is 14.8. The molecular weight excluding hydrogens is 552 g/mol. The molecule has 0 saturated heterocycles. The number of thioether (sulfide) groups is 2. The SMILES string of the molecule is CCOC(=O)c1ccc(C#Cc2ccc3c(c2)C(C)(CC#Cc2ccc4c(c2)C(C)(C)CCS4)CCS3)cc1Cl. The Kier molecular flexibility index (Phi) is 8.63. The molecule has 0 aliphatic carbocycles. The Morgan fingerprint density at radius 2 is 1.45 bits per heavy atom. The van der Waals surface area contributed by atoms with E-state index in [1.807, 2.05) is 23.5 Å². The van der Waals surface area contributed by atoms with Crippen LogP contribution in [0.3, 0.4) is 0 Å². The minimum atomic E-state index is -0.420. The fourth-order valence-corrected chi connectivity index (χ4v) is 8.32. The highest BCUT2D eigenvalue weighted by Gasteiger charge is 2.32. The van der Waals surface area contributed by atoms with Crippen molar-refractivity contribution in [2.24, 2.45) is 0 Å². The van der Waals surface area contributed by atoms with Crippen LogP contribution >= 0.6 is 35.1 Å². The molecule has 1 unspecified atom stereocenters. The third-order valence-corrected chi connectivity index (χ3v) is 10.2. The highest BCUT2D eigenvalue weighted by atomic mass is 35.5. The first-order chi connectivity index (χ1) is 19.2. The monoisotopic (exact) mass is 584 g/mol. The van der Waals surface area contributed by atoms with Crippen LogP contribution in [0.15, 0.2) is 64.4 Å². The summed E-state index contributed by atoms with van der Waals surface area (Å²) in [6.07, 6.45) is 3.08. The molecule has 5 heteroatoms. The molecule has 0 fully saturated rings. The summed E-state index contributed by atoms with van der Waals surface area (Å²) in [7, 11) is 0. The first-order valence-corrected chi connectivity index (χ1v) is 16.1. The Balaban J connectivity index is 1.36. The number of hydrogen-bond acceptors (Lipinski definition) is 4. The minimum absolute atomic E-state index is 0.0286. The molecule has 5 rings (SSSR count). The van der Waals surface area contributed by atoms with Gasteiger partial charge in [-0.3, -0.25) is 0 Å². The number of rotatable bonds is 3. The van der Waals surface area contributed by atoms with Crippen molar-refractivity contribution < 1.29 is 9.53 Å². The molecule has 0 spiro atoms. The van der Waals surface area contributed by atoms with Crippen LogP contribution in [0, 0.1) is 23.7 Å². The molecule has 0 radical (unpaired) electrons. The summed E-state index contributed by atoms with van der Waals surface area (Å²) in [5.74, 6) is 15.4. The van der Waals surface area contributed by atoms with Crippen LogP contribution in [-0.2, 0) is 15.6 Å². The standard InChI is InChI=1S/C35H33ClO2S2/c1-5-38-33(37)27-13-10-26(23-30(27)36)9-8-25-12-15-32-29(22-25)35(4,18-20-40-32)16-6-7-24-11-14-31-28(21-24)34(2,3)17-19-39-31/h10-15,21-23H,5,16-20H2,1-4H3. The second-order valence-corrected chi connectivity index (χ2v) is 13.9. The predicted octanol–water partition coefficient (Wildman–Crippen LogP) is 8.89. The number of benzene rings is 3. The van der Waals surface area contributed by atoms with Crippen molar-refractivity contribution >= 4 is 41.1 Å². The molecule has 40 heavy (non-hydrogen) atoms. The van der Waals surface area contributed by atoms with E-state index in [2.05, 4.69) is 80.9 Å². The van der Waals surface area contributed by atoms with E-state index >= 15 is 0 Å². The highest BCUT2D eigenvalue weighted by molar-refractivity contribution is 7.99. The first kappa shape index (κ1) is 28.8. The maximum atomic E-state index is 12.0. The van der Waals surface area contributed by atoms with Crippen LogP contribution < -0.4 is 0 Å². The maximum Gasteiger partial charge on any atom is 0.339 e. The number of halogens is 1. The lowest BCUT2D eigenvalue weighted by Crippen LogP contribution is -2.26. The van der Waals surface area contributed by atoms with E-state index in [4.69, 9.17) is 16.3 Å². The van der Waals surface area contributed by atoms with Gasteiger partial charge in [-0.1, -0.05) is 56.1 Å². The van der Waals surface area contributed by atoms with E-state index in [1.165, 1.54) is 33.1 Å². The second-order valence-electron chi connectivity index (χ2n) is 11.2. The van der Waals surface area contributed by atoms with Crippen molar-refractivity contribution in [2.75, 3.05) is 18.1 Å². The third kappa shape index (κ3) is 6.26. The van der Waals surface area contributed by atoms with Gasteiger partial charge in [-0.05, 0) is 102 Å². The molecule has 204 valence electrons. The second kappa shape index (κ2) is 12.0. The van der Waals surface area contributed by atoms with Crippen LogP contribution in [0.5, 0.6) is 0 Å². The lowest BCUT2D eigenvalue weighted by Gasteiger charge is -2.34. The summed E-state index contributed by atoms with van der Waals surface area (Å²) >= 11 is 10.2. The molecule has 3 aromatic rings. The van der Waals surface area contributed by atoms with Crippen LogP contribution in [0.2, 0.25) is 5.02 Å². The molecular formula is C35H33ClO2S2. The zero-order valence-corrected chi connectivity index (χ0v) is 25.8. The van der Waals surface area contributed by atoms with E-state index in [0.29, 0.717) is 17.2 Å². The lowest BCUT2D eigenvalue weighted by molar-refractivity contribution is 0.0526. The van der Waals surface area contributed by atoms with Crippen LogP contribution in [0.1, 0.15) is 85.1 Å². The normalized spacial score (nSPS) is 18.7. The largest absolute Gasteiger partial charge is 0.462 e. The van der Waals surface area contributed by atoms with Gasteiger partial charge in [0.2, 0.25) is 0 Å². The topological polar surface area (TPSA) is 26.3 Å². The Bertz CT molecular complexity index is 1580. The average Bonchev–Trinajstić information content (AvgIpc) is 2.92. The van der Waals surface area contributed by atoms with E-state index in [9.17, 15) is 4.79 Å². The van der Waals surface area contributed by atoms with E-state index < -0.39 is 5.97 Å². The number of hydrogen-bond donors (Lipinski definition) is 0. The fraction of sp³-hybridized carbons (Fsp3) is 0.343. The summed E-state index contributed by atoms with van der Waals surface area (Å²) in [6, 6.07) is 18.4. The molecule has 0 aromatic heterocycles. The number of esters is 1. The minimum Gasteiger partial charge on any atom is -0.462 e. The first-order valence-electron chi connectivity index (χ1n) is 13.7. The summed E-state index contributed by atoms with van der Waals surface area (Å²) in [6.45, 7) is 9.10. The van der Waals surface area contributed by atoms with Gasteiger partial charge in [0.05, 0.1) is 17.2 Å². The van der Waals surface area contributed by atoms with Crippen LogP contribution in [0.4, 0.5) is 0 Å². The van der Waals surface area contributed by atoms with E-state index in [1.54, 1.807) is 25.1 Å². The van der Waals surface area contributed by atoms with Crippen LogP contribution in [-0.4, -0.2) is 24.1 Å². The molecule has 1 atom stereocenters. The predicted molar refractivity (Wildman–Crippen MR) is 169 cm³/mol. The van der Waals surface area contributed by atoms with Crippen molar-refractivity contribution in [2.45, 2.75) is 67.6 Å². The summed E-state index contributed by atoms with van der Waals surface area (Å²) < 4.78 is 5.06. The van der Waals surface area contributed by atoms with Gasteiger partial charge in [0.1, 0.15) is 0 Å². The van der Waals surface area contributed by atoms with Gasteiger partial charge in [0, 0.05) is 38.3 Å². The highest BCUT2D eigenvalue weighted by Crippen LogP contribution is 2.44. The molecule has 2 nitrogen and oxygen atoms in total. The van der Waals surface area contributed by atoms with Gasteiger partial charge in [0.25, 0.3) is 0 Å². The van der Waals surface area contributed by atoms with Crippen molar-refractivity contribution in [3.63, 3.8) is 0 Å². The number of carbonyl (C=O) groups excluding carboxylic acids is 1. The van der Waals surface area contributed by atoms with Gasteiger partial charge in [0.15, 0.2) is 0 Å². The van der Waals surface area contributed by atoms with Crippen molar-refractivity contribution in [3.05, 3.63) is 93.0 Å². The Hall–Kier alpha value is -2.76. The van der Waals surface area contributed by atoms with E-state index in [0.717, 1.165) is 35.3 Å².